The van der Waals surface area contributed by atoms with Gasteiger partial charge in [-0.25, -0.2) is 9.78 Å². The summed E-state index contributed by atoms with van der Waals surface area (Å²) in [6.45, 7) is 5.79. The fourth-order valence-corrected chi connectivity index (χ4v) is 2.02. The van der Waals surface area contributed by atoms with Gasteiger partial charge in [0.25, 0.3) is 5.78 Å². The van der Waals surface area contributed by atoms with Crippen LogP contribution >= 0.6 is 0 Å². The van der Waals surface area contributed by atoms with Gasteiger partial charge in [-0.3, -0.25) is 0 Å². The predicted octanol–water partition coefficient (Wildman–Crippen LogP) is 1.60. The van der Waals surface area contributed by atoms with Crippen molar-refractivity contribution in [2.75, 3.05) is 5.32 Å². The number of fused-ring (bicyclic) bond motifs is 1. The number of nitrogens with one attached hydrogen (secondary N) is 1. The van der Waals surface area contributed by atoms with Crippen molar-refractivity contribution in [1.82, 2.24) is 19.6 Å². The Kier molecular flexibility index (Phi) is 4.16. The highest BCUT2D eigenvalue weighted by molar-refractivity contribution is 5.77. The van der Waals surface area contributed by atoms with Gasteiger partial charge < -0.3 is 10.4 Å². The molecule has 0 aliphatic rings. The van der Waals surface area contributed by atoms with Crippen molar-refractivity contribution in [1.29, 1.82) is 0 Å². The molecule has 7 heteroatoms. The number of carboxylic acids is 1. The summed E-state index contributed by atoms with van der Waals surface area (Å²) in [4.78, 5) is 19.8. The highest BCUT2D eigenvalue weighted by Gasteiger charge is 2.22. The first-order valence-corrected chi connectivity index (χ1v) is 6.72. The number of rotatable bonds is 6. The van der Waals surface area contributed by atoms with Gasteiger partial charge in [-0.15, -0.1) is 0 Å². The number of nitrogens with zero attached hydrogens (tertiary/aromatic N) is 4. The van der Waals surface area contributed by atoms with Gasteiger partial charge in [0.15, 0.2) is 0 Å². The Labute approximate surface area is 117 Å². The van der Waals surface area contributed by atoms with E-state index in [1.165, 1.54) is 10.8 Å². The lowest BCUT2D eigenvalue weighted by molar-refractivity contribution is -0.138. The van der Waals surface area contributed by atoms with Crippen molar-refractivity contribution < 1.29 is 9.90 Å². The molecule has 0 saturated carbocycles. The van der Waals surface area contributed by atoms with Crippen LogP contribution in [0.25, 0.3) is 5.78 Å². The van der Waals surface area contributed by atoms with Gasteiger partial charge in [0.05, 0.1) is 0 Å². The summed E-state index contributed by atoms with van der Waals surface area (Å²) >= 11 is 0. The zero-order chi connectivity index (χ0) is 14.7. The van der Waals surface area contributed by atoms with E-state index in [0.29, 0.717) is 11.6 Å². The molecule has 2 N–H and O–H groups in total. The van der Waals surface area contributed by atoms with Crippen molar-refractivity contribution in [3.8, 4) is 0 Å². The molecular formula is C13H19N5O2. The van der Waals surface area contributed by atoms with Gasteiger partial charge in [-0.2, -0.15) is 14.6 Å². The molecule has 0 fully saturated rings. The number of carbonyl (C=O) groups is 1. The monoisotopic (exact) mass is 277 g/mol. The summed E-state index contributed by atoms with van der Waals surface area (Å²) in [5.74, 6) is 0.152. The molecule has 0 amide bonds. The number of aliphatic carboxylic acids is 1. The molecule has 2 rings (SSSR count). The molecule has 1 atom stereocenters. The molecule has 0 spiro atoms. The Morgan fingerprint density at radius 1 is 1.50 bits per heavy atom. The highest BCUT2D eigenvalue weighted by Crippen LogP contribution is 2.16. The highest BCUT2D eigenvalue weighted by atomic mass is 16.4. The average molecular weight is 277 g/mol. The van der Waals surface area contributed by atoms with Crippen molar-refractivity contribution in [2.24, 2.45) is 5.92 Å². The second-order valence-electron chi connectivity index (χ2n) is 5.06. The van der Waals surface area contributed by atoms with Gasteiger partial charge in [0.2, 0.25) is 0 Å². The largest absolute Gasteiger partial charge is 0.480 e. The summed E-state index contributed by atoms with van der Waals surface area (Å²) in [5, 5.41) is 16.4. The molecule has 7 nitrogen and oxygen atoms in total. The summed E-state index contributed by atoms with van der Waals surface area (Å²) < 4.78 is 1.53. The third-order valence-electron chi connectivity index (χ3n) is 3.05. The molecule has 0 radical (unpaired) electrons. The van der Waals surface area contributed by atoms with Crippen LogP contribution < -0.4 is 5.32 Å². The minimum absolute atomic E-state index is 0.0474. The van der Waals surface area contributed by atoms with E-state index in [2.05, 4.69) is 27.3 Å². The third-order valence-corrected chi connectivity index (χ3v) is 3.05. The number of hydrogen-bond acceptors (Lipinski definition) is 5. The maximum absolute atomic E-state index is 11.3. The van der Waals surface area contributed by atoms with Crippen molar-refractivity contribution in [3.63, 3.8) is 0 Å². The minimum atomic E-state index is -0.887. The Morgan fingerprint density at radius 2 is 2.25 bits per heavy atom. The van der Waals surface area contributed by atoms with E-state index in [1.807, 2.05) is 19.9 Å². The Balaban J connectivity index is 2.40. The van der Waals surface area contributed by atoms with Crippen LogP contribution in [0.2, 0.25) is 0 Å². The molecule has 20 heavy (non-hydrogen) atoms. The van der Waals surface area contributed by atoms with Crippen LogP contribution in [0.3, 0.4) is 0 Å². The summed E-state index contributed by atoms with van der Waals surface area (Å²) in [6, 6.07) is 1.16. The lowest BCUT2D eigenvalue weighted by Crippen LogP contribution is -2.35. The Bertz CT molecular complexity index is 608. The molecule has 0 aliphatic carbocycles. The van der Waals surface area contributed by atoms with Crippen LogP contribution in [0.4, 0.5) is 5.82 Å². The van der Waals surface area contributed by atoms with Crippen LogP contribution in [-0.2, 0) is 11.2 Å². The lowest BCUT2D eigenvalue weighted by atomic mass is 10.0. The number of aromatic nitrogens is 4. The zero-order valence-electron chi connectivity index (χ0n) is 11.9. The molecule has 2 aromatic heterocycles. The first-order valence-electron chi connectivity index (χ1n) is 6.72. The summed E-state index contributed by atoms with van der Waals surface area (Å²) in [6.07, 6.45) is 3.19. The topological polar surface area (TPSA) is 92.4 Å². The predicted molar refractivity (Wildman–Crippen MR) is 74.7 cm³/mol. The molecule has 2 heterocycles. The summed E-state index contributed by atoms with van der Waals surface area (Å²) in [5.41, 5.74) is 0.878. The van der Waals surface area contributed by atoms with E-state index in [4.69, 9.17) is 0 Å². The molecule has 0 aliphatic heterocycles. The molecule has 108 valence electrons. The lowest BCUT2D eigenvalue weighted by Gasteiger charge is -2.19. The van der Waals surface area contributed by atoms with Gasteiger partial charge in [0.1, 0.15) is 18.2 Å². The number of anilines is 1. The van der Waals surface area contributed by atoms with E-state index in [-0.39, 0.29) is 5.92 Å². The SMILES string of the molecule is CCCc1cc(N[C@@H](C(=O)O)C(C)C)n2ncnc2n1. The van der Waals surface area contributed by atoms with Crippen molar-refractivity contribution >= 4 is 17.6 Å². The van der Waals surface area contributed by atoms with Gasteiger partial charge >= 0.3 is 5.97 Å². The average Bonchev–Trinajstić information content (AvgIpc) is 2.83. The summed E-state index contributed by atoms with van der Waals surface area (Å²) in [7, 11) is 0. The van der Waals surface area contributed by atoms with E-state index in [1.54, 1.807) is 0 Å². The number of carboxylic acid groups (broad SMARTS) is 1. The van der Waals surface area contributed by atoms with Crippen LogP contribution in [-0.4, -0.2) is 36.7 Å². The number of aryl methyl sites for hydroxylation is 1. The molecule has 0 bridgehead atoms. The first-order chi connectivity index (χ1) is 9.52. The molecule has 0 saturated heterocycles. The van der Waals surface area contributed by atoms with Crippen LogP contribution in [0.15, 0.2) is 12.4 Å². The third kappa shape index (κ3) is 2.87. The fourth-order valence-electron chi connectivity index (χ4n) is 2.02. The smallest absolute Gasteiger partial charge is 0.326 e. The van der Waals surface area contributed by atoms with Gasteiger partial charge in [-0.05, 0) is 12.3 Å². The van der Waals surface area contributed by atoms with E-state index in [0.717, 1.165) is 18.5 Å². The van der Waals surface area contributed by atoms with Gasteiger partial charge in [-0.1, -0.05) is 27.2 Å². The second kappa shape index (κ2) is 5.85. The second-order valence-corrected chi connectivity index (χ2v) is 5.06. The molecule has 0 aromatic carbocycles. The van der Waals surface area contributed by atoms with E-state index in [9.17, 15) is 9.90 Å². The van der Waals surface area contributed by atoms with Crippen LogP contribution in [0, 0.1) is 5.92 Å². The fraction of sp³-hybridized carbons (Fsp3) is 0.538. The minimum Gasteiger partial charge on any atom is -0.480 e. The van der Waals surface area contributed by atoms with Crippen LogP contribution in [0.1, 0.15) is 32.9 Å². The van der Waals surface area contributed by atoms with E-state index < -0.39 is 12.0 Å². The molecular weight excluding hydrogens is 258 g/mol. The maximum atomic E-state index is 11.3. The normalized spacial score (nSPS) is 12.8. The molecule has 2 aromatic rings. The van der Waals surface area contributed by atoms with Gasteiger partial charge in [0, 0.05) is 11.8 Å². The van der Waals surface area contributed by atoms with E-state index >= 15 is 0 Å². The standard InChI is InChI=1S/C13H19N5O2/c1-4-5-9-6-10(17-11(8(2)3)12(19)20)18-13(16-9)14-7-15-18/h6-8,11,17H,4-5H2,1-3H3,(H,19,20)/t11-/m1/s1. The number of hydrogen-bond donors (Lipinski definition) is 2. The quantitative estimate of drug-likeness (QED) is 0.833. The van der Waals surface area contributed by atoms with Crippen LogP contribution in [0.5, 0.6) is 0 Å². The first kappa shape index (κ1) is 14.2. The zero-order valence-corrected chi connectivity index (χ0v) is 11.9. The Morgan fingerprint density at radius 3 is 2.85 bits per heavy atom. The maximum Gasteiger partial charge on any atom is 0.326 e. The Hall–Kier alpha value is -2.18. The van der Waals surface area contributed by atoms with Crippen molar-refractivity contribution in [3.05, 3.63) is 18.1 Å². The van der Waals surface area contributed by atoms with Crippen molar-refractivity contribution in [2.45, 2.75) is 39.7 Å². The molecule has 0 unspecified atom stereocenters.